The van der Waals surface area contributed by atoms with E-state index in [9.17, 15) is 18.5 Å². The van der Waals surface area contributed by atoms with Crippen LogP contribution in [-0.2, 0) is 16.4 Å². The van der Waals surface area contributed by atoms with Crippen molar-refractivity contribution in [2.45, 2.75) is 31.6 Å². The van der Waals surface area contributed by atoms with Crippen molar-refractivity contribution >= 4 is 21.4 Å². The minimum absolute atomic E-state index is 0.219. The number of nitro benzene ring substituents is 1. The average Bonchev–Trinajstić information content (AvgIpc) is 2.53. The van der Waals surface area contributed by atoms with E-state index in [1.54, 1.807) is 19.1 Å². The third-order valence-corrected chi connectivity index (χ3v) is 6.25. The van der Waals surface area contributed by atoms with Crippen molar-refractivity contribution in [1.82, 2.24) is 0 Å². The van der Waals surface area contributed by atoms with Crippen LogP contribution in [-0.4, -0.2) is 19.9 Å². The van der Waals surface area contributed by atoms with Gasteiger partial charge in [-0.05, 0) is 43.9 Å². The lowest BCUT2D eigenvalue weighted by Crippen LogP contribution is -2.36. The highest BCUT2D eigenvalue weighted by Gasteiger charge is 2.35. The van der Waals surface area contributed by atoms with Gasteiger partial charge in [-0.1, -0.05) is 29.8 Å². The molecule has 1 aliphatic heterocycles. The smallest absolute Gasteiger partial charge is 0.266 e. The van der Waals surface area contributed by atoms with Gasteiger partial charge in [-0.25, -0.2) is 8.42 Å². The molecule has 2 aromatic carbocycles. The van der Waals surface area contributed by atoms with E-state index in [0.29, 0.717) is 24.2 Å². The number of benzene rings is 2. The summed E-state index contributed by atoms with van der Waals surface area (Å²) in [7, 11) is -4.00. The van der Waals surface area contributed by atoms with E-state index in [4.69, 9.17) is 0 Å². The summed E-state index contributed by atoms with van der Waals surface area (Å²) in [5.74, 6) is 0. The molecule has 0 N–H and O–H groups in total. The van der Waals surface area contributed by atoms with Gasteiger partial charge in [0.2, 0.25) is 0 Å². The molecule has 6 nitrogen and oxygen atoms in total. The molecular weight excluding hydrogens is 328 g/mol. The molecule has 0 spiro atoms. The van der Waals surface area contributed by atoms with Crippen molar-refractivity contribution < 1.29 is 13.3 Å². The molecule has 0 saturated heterocycles. The Bertz CT molecular complexity index is 922. The van der Waals surface area contributed by atoms with Gasteiger partial charge >= 0.3 is 0 Å². The molecule has 0 atom stereocenters. The average molecular weight is 346 g/mol. The highest BCUT2D eigenvalue weighted by atomic mass is 32.2. The summed E-state index contributed by atoms with van der Waals surface area (Å²) in [5.41, 5.74) is 2.64. The summed E-state index contributed by atoms with van der Waals surface area (Å²) in [5, 5.41) is 11.3. The van der Waals surface area contributed by atoms with E-state index in [1.165, 1.54) is 16.4 Å². The number of hydrogen-bond acceptors (Lipinski definition) is 4. The van der Waals surface area contributed by atoms with Crippen LogP contribution in [0, 0.1) is 24.0 Å². The molecule has 126 valence electrons. The normalized spacial score (nSPS) is 14.3. The van der Waals surface area contributed by atoms with E-state index in [1.807, 2.05) is 19.1 Å². The largest absolute Gasteiger partial charge is 0.290 e. The minimum atomic E-state index is -4.00. The van der Waals surface area contributed by atoms with Crippen LogP contribution in [0.15, 0.2) is 41.3 Å². The second kappa shape index (κ2) is 5.90. The van der Waals surface area contributed by atoms with E-state index in [-0.39, 0.29) is 10.6 Å². The Hall–Kier alpha value is -2.41. The van der Waals surface area contributed by atoms with E-state index in [0.717, 1.165) is 17.5 Å². The Labute approximate surface area is 140 Å². The highest BCUT2D eigenvalue weighted by molar-refractivity contribution is 7.93. The van der Waals surface area contributed by atoms with Gasteiger partial charge in [0, 0.05) is 12.6 Å². The highest BCUT2D eigenvalue weighted by Crippen LogP contribution is 2.36. The first kappa shape index (κ1) is 16.4. The van der Waals surface area contributed by atoms with Crippen LogP contribution in [0.25, 0.3) is 0 Å². The summed E-state index contributed by atoms with van der Waals surface area (Å²) in [6.07, 6.45) is 1.49. The van der Waals surface area contributed by atoms with Crippen LogP contribution in [0.1, 0.15) is 23.1 Å². The molecule has 0 saturated carbocycles. The van der Waals surface area contributed by atoms with E-state index < -0.39 is 14.9 Å². The minimum Gasteiger partial charge on any atom is -0.266 e. The number of sulfonamides is 1. The number of nitrogens with zero attached hydrogens (tertiary/aromatic N) is 2. The second-order valence-corrected chi connectivity index (χ2v) is 7.79. The molecule has 0 unspecified atom stereocenters. The summed E-state index contributed by atoms with van der Waals surface area (Å²) in [6.45, 7) is 3.86. The topological polar surface area (TPSA) is 80.5 Å². The molecular formula is C17H18N2O4S. The predicted octanol–water partition coefficient (Wildman–Crippen LogP) is 3.35. The van der Waals surface area contributed by atoms with Crippen molar-refractivity contribution in [3.63, 3.8) is 0 Å². The Kier molecular flexibility index (Phi) is 4.04. The van der Waals surface area contributed by atoms with Crippen LogP contribution in [0.5, 0.6) is 0 Å². The predicted molar refractivity (Wildman–Crippen MR) is 91.9 cm³/mol. The molecule has 7 heteroatoms. The Balaban J connectivity index is 2.20. The lowest BCUT2D eigenvalue weighted by Gasteiger charge is -2.31. The van der Waals surface area contributed by atoms with Gasteiger partial charge in [-0.15, -0.1) is 0 Å². The van der Waals surface area contributed by atoms with Crippen LogP contribution in [0.4, 0.5) is 11.4 Å². The molecule has 1 heterocycles. The molecule has 0 radical (unpaired) electrons. The van der Waals surface area contributed by atoms with Crippen molar-refractivity contribution in [2.24, 2.45) is 0 Å². The number of aryl methyl sites for hydroxylation is 3. The van der Waals surface area contributed by atoms with Crippen LogP contribution < -0.4 is 4.31 Å². The summed E-state index contributed by atoms with van der Waals surface area (Å²) in [4.78, 5) is 10.5. The fourth-order valence-electron chi connectivity index (χ4n) is 3.17. The molecule has 24 heavy (non-hydrogen) atoms. The zero-order valence-corrected chi connectivity index (χ0v) is 14.3. The lowest BCUT2D eigenvalue weighted by molar-refractivity contribution is -0.387. The maximum Gasteiger partial charge on any atom is 0.290 e. The second-order valence-electron chi connectivity index (χ2n) is 5.99. The Morgan fingerprint density at radius 2 is 1.92 bits per heavy atom. The van der Waals surface area contributed by atoms with Gasteiger partial charge in [0.1, 0.15) is 0 Å². The molecule has 0 fully saturated rings. The van der Waals surface area contributed by atoms with E-state index in [2.05, 4.69) is 0 Å². The maximum atomic E-state index is 13.2. The Morgan fingerprint density at radius 1 is 1.17 bits per heavy atom. The number of anilines is 1. The summed E-state index contributed by atoms with van der Waals surface area (Å²) < 4.78 is 27.7. The number of nitro groups is 1. The SMILES string of the molecule is Cc1ccc2c(c1)CCCN2S(=O)(=O)c1c(C)cccc1[N+](=O)[O-]. The first-order valence-electron chi connectivity index (χ1n) is 7.68. The van der Waals surface area contributed by atoms with Crippen molar-refractivity contribution in [1.29, 1.82) is 0 Å². The zero-order chi connectivity index (χ0) is 17.5. The lowest BCUT2D eigenvalue weighted by atomic mass is 10.0. The molecule has 0 aromatic heterocycles. The summed E-state index contributed by atoms with van der Waals surface area (Å²) >= 11 is 0. The monoisotopic (exact) mass is 346 g/mol. The zero-order valence-electron chi connectivity index (χ0n) is 13.5. The van der Waals surface area contributed by atoms with Gasteiger partial charge < -0.3 is 0 Å². The van der Waals surface area contributed by atoms with Gasteiger partial charge in [0.05, 0.1) is 10.6 Å². The molecule has 3 rings (SSSR count). The van der Waals surface area contributed by atoms with Gasteiger partial charge in [-0.2, -0.15) is 0 Å². The Morgan fingerprint density at radius 3 is 2.62 bits per heavy atom. The van der Waals surface area contributed by atoms with Crippen molar-refractivity contribution in [3.05, 3.63) is 63.2 Å². The van der Waals surface area contributed by atoms with E-state index >= 15 is 0 Å². The number of fused-ring (bicyclic) bond motifs is 1. The first-order valence-corrected chi connectivity index (χ1v) is 9.12. The van der Waals surface area contributed by atoms with Crippen LogP contribution in [0.3, 0.4) is 0 Å². The number of rotatable bonds is 3. The van der Waals surface area contributed by atoms with Crippen molar-refractivity contribution in [2.75, 3.05) is 10.8 Å². The first-order chi connectivity index (χ1) is 11.3. The summed E-state index contributed by atoms with van der Waals surface area (Å²) in [6, 6.07) is 9.94. The molecule has 0 bridgehead atoms. The fourth-order valence-corrected chi connectivity index (χ4v) is 5.08. The molecule has 0 aliphatic carbocycles. The van der Waals surface area contributed by atoms with Gasteiger partial charge in [0.25, 0.3) is 15.7 Å². The van der Waals surface area contributed by atoms with Gasteiger partial charge in [-0.3, -0.25) is 14.4 Å². The molecule has 1 aliphatic rings. The third-order valence-electron chi connectivity index (χ3n) is 4.25. The van der Waals surface area contributed by atoms with Crippen molar-refractivity contribution in [3.8, 4) is 0 Å². The molecule has 0 amide bonds. The standard InChI is InChI=1S/C17H18N2O4S/c1-12-8-9-15-14(11-12)6-4-10-18(15)24(22,23)17-13(2)5-3-7-16(17)19(20)21/h3,5,7-9,11H,4,6,10H2,1-2H3. The van der Waals surface area contributed by atoms with Crippen LogP contribution >= 0.6 is 0 Å². The quantitative estimate of drug-likeness (QED) is 0.630. The third kappa shape index (κ3) is 2.65. The fraction of sp³-hybridized carbons (Fsp3) is 0.294. The molecule has 2 aromatic rings. The maximum absolute atomic E-state index is 13.2. The number of hydrogen-bond donors (Lipinski definition) is 0. The van der Waals surface area contributed by atoms with Gasteiger partial charge in [0.15, 0.2) is 4.90 Å². The van der Waals surface area contributed by atoms with Crippen LogP contribution in [0.2, 0.25) is 0 Å².